The van der Waals surface area contributed by atoms with Gasteiger partial charge in [-0.25, -0.2) is 4.79 Å². The van der Waals surface area contributed by atoms with E-state index in [2.05, 4.69) is 4.74 Å². The van der Waals surface area contributed by atoms with Crippen LogP contribution in [0.3, 0.4) is 0 Å². The number of carbonyl (C=O) groups is 1. The lowest BCUT2D eigenvalue weighted by Crippen LogP contribution is -2.25. The summed E-state index contributed by atoms with van der Waals surface area (Å²) in [6, 6.07) is 13.3. The number of pyridine rings is 1. The third-order valence-corrected chi connectivity index (χ3v) is 6.26. The van der Waals surface area contributed by atoms with Gasteiger partial charge in [0.05, 0.1) is 6.61 Å². The van der Waals surface area contributed by atoms with E-state index < -0.39 is 18.9 Å². The molecule has 196 valence electrons. The summed E-state index contributed by atoms with van der Waals surface area (Å²) < 4.78 is 47.6. The molecule has 2 aromatic carbocycles. The zero-order chi connectivity index (χ0) is 26.4. The molecule has 0 amide bonds. The summed E-state index contributed by atoms with van der Waals surface area (Å²) in [4.78, 5) is 12.6. The fourth-order valence-electron chi connectivity index (χ4n) is 3.53. The van der Waals surface area contributed by atoms with Crippen LogP contribution < -0.4 is 14.2 Å². The van der Waals surface area contributed by atoms with Gasteiger partial charge in [-0.1, -0.05) is 59.6 Å². The van der Waals surface area contributed by atoms with Crippen molar-refractivity contribution in [3.05, 3.63) is 92.9 Å². The maximum absolute atomic E-state index is 13.0. The first-order valence-electron chi connectivity index (χ1n) is 11.4. The van der Waals surface area contributed by atoms with E-state index in [0.29, 0.717) is 28.4 Å². The molecule has 3 aromatic rings. The van der Waals surface area contributed by atoms with Crippen LogP contribution in [0, 0.1) is 11.1 Å². The van der Waals surface area contributed by atoms with Gasteiger partial charge in [0, 0.05) is 12.0 Å². The predicted molar refractivity (Wildman–Crippen MR) is 131 cm³/mol. The Balaban J connectivity index is 1.60. The molecule has 11 heteroatoms. The van der Waals surface area contributed by atoms with Crippen LogP contribution in [0.1, 0.15) is 35.6 Å². The highest BCUT2D eigenvalue weighted by atomic mass is 35.5. The molecule has 0 radical (unpaired) electrons. The monoisotopic (exact) mass is 553 g/mol. The molecule has 0 bridgehead atoms. The minimum absolute atomic E-state index is 0.0215. The SMILES string of the molecule is O=C(OCc1ccccc1)OC(Cc1c(Cl)c[n+]([O-])cc1Cl)c1ccc(OC(F)F)c(OCC2CC2)c1. The summed E-state index contributed by atoms with van der Waals surface area (Å²) in [7, 11) is 0. The second-order valence-corrected chi connectivity index (χ2v) is 9.28. The number of hydrogen-bond donors (Lipinski definition) is 0. The lowest BCUT2D eigenvalue weighted by atomic mass is 10.0. The maximum atomic E-state index is 13.0. The van der Waals surface area contributed by atoms with Gasteiger partial charge in [-0.05, 0) is 42.0 Å². The summed E-state index contributed by atoms with van der Waals surface area (Å²) in [5.74, 6) is 0.287. The lowest BCUT2D eigenvalue weighted by molar-refractivity contribution is -0.605. The Bertz CT molecular complexity index is 1200. The van der Waals surface area contributed by atoms with E-state index in [1.165, 1.54) is 18.2 Å². The fraction of sp³-hybridized carbons (Fsp3) is 0.308. The van der Waals surface area contributed by atoms with Crippen molar-refractivity contribution in [2.45, 2.75) is 38.6 Å². The quantitative estimate of drug-likeness (QED) is 0.150. The molecule has 1 unspecified atom stereocenters. The molecule has 0 saturated heterocycles. The number of hydrogen-bond acceptors (Lipinski definition) is 6. The van der Waals surface area contributed by atoms with Crippen LogP contribution >= 0.6 is 23.2 Å². The van der Waals surface area contributed by atoms with Crippen LogP contribution in [0.4, 0.5) is 13.6 Å². The number of alkyl halides is 2. The van der Waals surface area contributed by atoms with E-state index >= 15 is 0 Å². The third-order valence-electron chi connectivity index (χ3n) is 5.61. The van der Waals surface area contributed by atoms with Crippen LogP contribution in [-0.4, -0.2) is 19.4 Å². The van der Waals surface area contributed by atoms with Crippen LogP contribution in [0.5, 0.6) is 11.5 Å². The van der Waals surface area contributed by atoms with Gasteiger partial charge in [-0.2, -0.15) is 13.5 Å². The summed E-state index contributed by atoms with van der Waals surface area (Å²) >= 11 is 12.5. The second kappa shape index (κ2) is 12.3. The molecule has 4 rings (SSSR count). The molecular formula is C26H23Cl2F2NO6. The fourth-order valence-corrected chi connectivity index (χ4v) is 4.13. The lowest BCUT2D eigenvalue weighted by Gasteiger charge is -2.21. The highest BCUT2D eigenvalue weighted by molar-refractivity contribution is 6.35. The Morgan fingerprint density at radius 1 is 1.05 bits per heavy atom. The van der Waals surface area contributed by atoms with E-state index in [9.17, 15) is 18.8 Å². The van der Waals surface area contributed by atoms with Gasteiger partial charge in [0.1, 0.15) is 22.8 Å². The van der Waals surface area contributed by atoms with Crippen LogP contribution in [0.15, 0.2) is 60.9 Å². The van der Waals surface area contributed by atoms with Crippen LogP contribution in [-0.2, 0) is 22.5 Å². The molecule has 1 aliphatic carbocycles. The van der Waals surface area contributed by atoms with Crippen LogP contribution in [0.25, 0.3) is 0 Å². The molecule has 1 atom stereocenters. The van der Waals surface area contributed by atoms with Gasteiger partial charge in [-0.15, -0.1) is 0 Å². The Morgan fingerprint density at radius 3 is 2.41 bits per heavy atom. The Labute approximate surface area is 222 Å². The van der Waals surface area contributed by atoms with Crippen molar-refractivity contribution in [3.63, 3.8) is 0 Å². The number of benzene rings is 2. The number of carbonyl (C=O) groups excluding carboxylic acids is 1. The molecule has 0 aliphatic heterocycles. The first kappa shape index (κ1) is 26.8. The summed E-state index contributed by atoms with van der Waals surface area (Å²) in [5, 5.41) is 11.8. The van der Waals surface area contributed by atoms with E-state index in [1.807, 2.05) is 6.07 Å². The Kier molecular flexibility index (Phi) is 8.89. The maximum Gasteiger partial charge on any atom is 0.509 e. The van der Waals surface area contributed by atoms with Crippen molar-refractivity contribution in [1.29, 1.82) is 0 Å². The van der Waals surface area contributed by atoms with Crippen LogP contribution in [0.2, 0.25) is 10.0 Å². The van der Waals surface area contributed by atoms with Gasteiger partial charge < -0.3 is 24.2 Å². The van der Waals surface area contributed by atoms with Gasteiger partial charge >= 0.3 is 12.8 Å². The third kappa shape index (κ3) is 7.84. The minimum atomic E-state index is -3.05. The molecular weight excluding hydrogens is 531 g/mol. The smallest absolute Gasteiger partial charge is 0.509 e. The van der Waals surface area contributed by atoms with E-state index in [0.717, 1.165) is 30.8 Å². The topological polar surface area (TPSA) is 80.9 Å². The number of halogens is 4. The number of aromatic nitrogens is 1. The number of ether oxygens (including phenoxy) is 4. The number of rotatable bonds is 11. The summed E-state index contributed by atoms with van der Waals surface area (Å²) in [6.45, 7) is -2.73. The van der Waals surface area contributed by atoms with Gasteiger partial charge in [0.2, 0.25) is 0 Å². The molecule has 1 saturated carbocycles. The van der Waals surface area contributed by atoms with Crippen molar-refractivity contribution in [2.24, 2.45) is 5.92 Å². The van der Waals surface area contributed by atoms with Crippen molar-refractivity contribution in [1.82, 2.24) is 0 Å². The van der Waals surface area contributed by atoms with E-state index in [-0.39, 0.29) is 34.6 Å². The molecule has 1 aliphatic rings. The van der Waals surface area contributed by atoms with Gasteiger partial charge in [-0.3, -0.25) is 0 Å². The van der Waals surface area contributed by atoms with E-state index in [1.54, 1.807) is 24.3 Å². The second-order valence-electron chi connectivity index (χ2n) is 8.47. The zero-order valence-corrected chi connectivity index (χ0v) is 21.0. The summed E-state index contributed by atoms with van der Waals surface area (Å²) in [6.07, 6.45) is 2.22. The molecule has 0 N–H and O–H groups in total. The zero-order valence-electron chi connectivity index (χ0n) is 19.4. The van der Waals surface area contributed by atoms with Crippen molar-refractivity contribution >= 4 is 29.4 Å². The first-order valence-corrected chi connectivity index (χ1v) is 12.2. The summed E-state index contributed by atoms with van der Waals surface area (Å²) in [5.41, 5.74) is 1.51. The molecule has 7 nitrogen and oxygen atoms in total. The molecule has 1 heterocycles. The van der Waals surface area contributed by atoms with Crippen molar-refractivity contribution < 1.29 is 37.3 Å². The predicted octanol–water partition coefficient (Wildman–Crippen LogP) is 6.65. The Hall–Kier alpha value is -3.30. The largest absolute Gasteiger partial charge is 0.619 e. The molecule has 37 heavy (non-hydrogen) atoms. The standard InChI is InChI=1S/C26H23Cl2F2NO6/c27-20-12-31(33)13-21(28)19(20)11-23(37-26(32)35-15-16-4-2-1-3-5-16)18-8-9-22(36-25(29)30)24(10-18)34-14-17-6-7-17/h1-5,8-10,12-13,17,23,25H,6-7,11,14-15H2. The average Bonchev–Trinajstić information content (AvgIpc) is 3.68. The van der Waals surface area contributed by atoms with Gasteiger partial charge in [0.25, 0.3) is 0 Å². The van der Waals surface area contributed by atoms with Crippen molar-refractivity contribution in [2.75, 3.05) is 6.61 Å². The normalized spacial score (nSPS) is 13.8. The highest BCUT2D eigenvalue weighted by Gasteiger charge is 2.26. The molecule has 1 aromatic heterocycles. The van der Waals surface area contributed by atoms with Crippen molar-refractivity contribution in [3.8, 4) is 11.5 Å². The highest BCUT2D eigenvalue weighted by Crippen LogP contribution is 2.37. The average molecular weight is 554 g/mol. The number of nitrogens with zero attached hydrogens (tertiary/aromatic N) is 1. The first-order chi connectivity index (χ1) is 17.8. The molecule has 1 fully saturated rings. The minimum Gasteiger partial charge on any atom is -0.619 e. The van der Waals surface area contributed by atoms with Gasteiger partial charge in [0.15, 0.2) is 23.9 Å². The van der Waals surface area contributed by atoms with E-state index in [4.69, 9.17) is 37.4 Å². The molecule has 0 spiro atoms. The Morgan fingerprint density at radius 2 is 1.76 bits per heavy atom.